The predicted octanol–water partition coefficient (Wildman–Crippen LogP) is 3.07. The molecular formula is C18H28N2O2. The zero-order chi connectivity index (χ0) is 16.7. The van der Waals surface area contributed by atoms with Gasteiger partial charge < -0.3 is 10.2 Å². The third-order valence-electron chi connectivity index (χ3n) is 3.60. The molecule has 1 N–H and O–H groups in total. The van der Waals surface area contributed by atoms with Crippen molar-refractivity contribution in [3.63, 3.8) is 0 Å². The lowest BCUT2D eigenvalue weighted by molar-refractivity contribution is -0.122. The molecule has 0 aliphatic rings. The van der Waals surface area contributed by atoms with E-state index in [1.807, 2.05) is 32.9 Å². The molecule has 2 amide bonds. The van der Waals surface area contributed by atoms with Crippen LogP contribution in [0.4, 0.5) is 5.69 Å². The van der Waals surface area contributed by atoms with Crippen LogP contribution in [0.15, 0.2) is 18.2 Å². The van der Waals surface area contributed by atoms with E-state index in [0.717, 1.165) is 23.2 Å². The Morgan fingerprint density at radius 3 is 2.50 bits per heavy atom. The van der Waals surface area contributed by atoms with Crippen LogP contribution in [0, 0.1) is 12.8 Å². The van der Waals surface area contributed by atoms with Gasteiger partial charge in [-0.1, -0.05) is 39.0 Å². The molecule has 0 aromatic heterocycles. The second-order valence-electron chi connectivity index (χ2n) is 6.05. The van der Waals surface area contributed by atoms with Crippen LogP contribution >= 0.6 is 0 Å². The third kappa shape index (κ3) is 5.17. The second kappa shape index (κ2) is 8.57. The summed E-state index contributed by atoms with van der Waals surface area (Å²) in [4.78, 5) is 25.5. The van der Waals surface area contributed by atoms with E-state index in [2.05, 4.69) is 18.3 Å². The molecule has 0 heterocycles. The van der Waals surface area contributed by atoms with E-state index >= 15 is 0 Å². The molecule has 0 spiro atoms. The van der Waals surface area contributed by atoms with Crippen LogP contribution in [0.2, 0.25) is 0 Å². The van der Waals surface area contributed by atoms with Gasteiger partial charge in [0.15, 0.2) is 0 Å². The number of carbonyl (C=O) groups is 2. The van der Waals surface area contributed by atoms with Crippen molar-refractivity contribution in [2.24, 2.45) is 5.92 Å². The fourth-order valence-electron chi connectivity index (χ4n) is 2.57. The van der Waals surface area contributed by atoms with Gasteiger partial charge >= 0.3 is 0 Å². The number of hydrogen-bond donors (Lipinski definition) is 1. The van der Waals surface area contributed by atoms with Gasteiger partial charge in [-0.3, -0.25) is 9.59 Å². The number of rotatable bonds is 7. The van der Waals surface area contributed by atoms with E-state index in [-0.39, 0.29) is 11.8 Å². The summed E-state index contributed by atoms with van der Waals surface area (Å²) < 4.78 is 0. The maximum atomic E-state index is 12.0. The molecule has 1 aromatic rings. The van der Waals surface area contributed by atoms with Gasteiger partial charge in [0.2, 0.25) is 11.8 Å². The van der Waals surface area contributed by atoms with Crippen molar-refractivity contribution in [2.75, 3.05) is 18.0 Å². The number of carbonyl (C=O) groups excluding carboxylic acids is 2. The van der Waals surface area contributed by atoms with Gasteiger partial charge in [-0.15, -0.1) is 0 Å². The Kier molecular flexibility index (Phi) is 7.09. The van der Waals surface area contributed by atoms with Gasteiger partial charge in [0.25, 0.3) is 0 Å². The number of anilines is 1. The summed E-state index contributed by atoms with van der Waals surface area (Å²) in [6.45, 7) is 10.7. The summed E-state index contributed by atoms with van der Waals surface area (Å²) in [5.74, 6) is 0.382. The van der Waals surface area contributed by atoms with Crippen LogP contribution in [0.3, 0.4) is 0 Å². The summed E-state index contributed by atoms with van der Waals surface area (Å²) >= 11 is 0. The van der Waals surface area contributed by atoms with E-state index in [9.17, 15) is 9.59 Å². The normalized spacial score (nSPS) is 10.6. The maximum Gasteiger partial charge on any atom is 0.223 e. The van der Waals surface area contributed by atoms with Crippen LogP contribution in [0.5, 0.6) is 0 Å². The number of amides is 2. The molecule has 0 fully saturated rings. The zero-order valence-corrected chi connectivity index (χ0v) is 14.4. The first kappa shape index (κ1) is 18.2. The molecule has 0 saturated carbocycles. The maximum absolute atomic E-state index is 12.0. The fourth-order valence-corrected chi connectivity index (χ4v) is 2.57. The van der Waals surface area contributed by atoms with Gasteiger partial charge in [-0.25, -0.2) is 0 Å². The lowest BCUT2D eigenvalue weighted by Crippen LogP contribution is -2.38. The minimum Gasteiger partial charge on any atom is -0.354 e. The highest BCUT2D eigenvalue weighted by atomic mass is 16.2. The first-order valence-electron chi connectivity index (χ1n) is 8.00. The van der Waals surface area contributed by atoms with E-state index in [1.165, 1.54) is 0 Å². The molecule has 4 nitrogen and oxygen atoms in total. The molecule has 0 bridgehead atoms. The summed E-state index contributed by atoms with van der Waals surface area (Å²) in [6.07, 6.45) is 1.39. The quantitative estimate of drug-likeness (QED) is 0.841. The Bertz CT molecular complexity index is 524. The fraction of sp³-hybridized carbons (Fsp3) is 0.556. The molecule has 4 heteroatoms. The number of aryl methyl sites for hydroxylation is 2. The largest absolute Gasteiger partial charge is 0.354 e. The molecule has 0 atom stereocenters. The Morgan fingerprint density at radius 2 is 1.95 bits per heavy atom. The Labute approximate surface area is 133 Å². The van der Waals surface area contributed by atoms with Gasteiger partial charge in [0, 0.05) is 32.1 Å². The molecule has 1 aromatic carbocycles. The van der Waals surface area contributed by atoms with Crippen LogP contribution in [-0.4, -0.2) is 24.9 Å². The van der Waals surface area contributed by atoms with E-state index in [4.69, 9.17) is 0 Å². The number of hydrogen-bond acceptors (Lipinski definition) is 2. The molecule has 0 unspecified atom stereocenters. The topological polar surface area (TPSA) is 49.4 Å². The first-order valence-corrected chi connectivity index (χ1v) is 8.00. The molecule has 1 rings (SSSR count). The molecule has 22 heavy (non-hydrogen) atoms. The van der Waals surface area contributed by atoms with Crippen molar-refractivity contribution in [1.82, 2.24) is 5.32 Å². The predicted molar refractivity (Wildman–Crippen MR) is 91.0 cm³/mol. The van der Waals surface area contributed by atoms with Gasteiger partial charge in [-0.05, 0) is 30.4 Å². The Morgan fingerprint density at radius 1 is 1.27 bits per heavy atom. The van der Waals surface area contributed by atoms with Crippen molar-refractivity contribution >= 4 is 17.5 Å². The zero-order valence-electron chi connectivity index (χ0n) is 14.4. The highest BCUT2D eigenvalue weighted by Gasteiger charge is 2.17. The minimum absolute atomic E-state index is 0.00195. The highest BCUT2D eigenvalue weighted by Crippen LogP contribution is 2.25. The molecule has 0 saturated heterocycles. The van der Waals surface area contributed by atoms with Crippen molar-refractivity contribution in [2.45, 2.75) is 47.5 Å². The van der Waals surface area contributed by atoms with Gasteiger partial charge in [0.05, 0.1) is 0 Å². The number of benzene rings is 1. The molecule has 0 aliphatic carbocycles. The summed E-state index contributed by atoms with van der Waals surface area (Å²) in [6, 6.07) is 6.08. The second-order valence-corrected chi connectivity index (χ2v) is 6.05. The number of nitrogens with zero attached hydrogens (tertiary/aromatic N) is 1. The lowest BCUT2D eigenvalue weighted by Gasteiger charge is -2.26. The summed E-state index contributed by atoms with van der Waals surface area (Å²) in [7, 11) is 0. The van der Waals surface area contributed by atoms with Crippen molar-refractivity contribution in [1.29, 1.82) is 0 Å². The van der Waals surface area contributed by atoms with Crippen molar-refractivity contribution < 1.29 is 9.59 Å². The van der Waals surface area contributed by atoms with Gasteiger partial charge in [-0.2, -0.15) is 0 Å². The highest BCUT2D eigenvalue weighted by molar-refractivity contribution is 5.93. The monoisotopic (exact) mass is 304 g/mol. The molecule has 0 radical (unpaired) electrons. The van der Waals surface area contributed by atoms with Crippen molar-refractivity contribution in [3.05, 3.63) is 29.3 Å². The molecular weight excluding hydrogens is 276 g/mol. The average Bonchev–Trinajstić information content (AvgIpc) is 2.43. The summed E-state index contributed by atoms with van der Waals surface area (Å²) in [5.41, 5.74) is 3.22. The molecule has 0 aliphatic heterocycles. The summed E-state index contributed by atoms with van der Waals surface area (Å²) in [5, 5.41) is 2.89. The lowest BCUT2D eigenvalue weighted by atomic mass is 10.0. The van der Waals surface area contributed by atoms with E-state index < -0.39 is 0 Å². The SMILES string of the molecule is CCc1cccc(C)c1N(CCNC(=O)CC(C)C)C(C)=O. The van der Waals surface area contributed by atoms with Crippen LogP contribution in [-0.2, 0) is 16.0 Å². The van der Waals surface area contributed by atoms with Crippen molar-refractivity contribution in [3.8, 4) is 0 Å². The van der Waals surface area contributed by atoms with Crippen LogP contribution in [0.25, 0.3) is 0 Å². The Balaban J connectivity index is 2.79. The van der Waals surface area contributed by atoms with Crippen LogP contribution in [0.1, 0.15) is 45.2 Å². The molecule has 122 valence electrons. The minimum atomic E-state index is 0.00195. The van der Waals surface area contributed by atoms with E-state index in [0.29, 0.717) is 25.4 Å². The van der Waals surface area contributed by atoms with Gasteiger partial charge in [0.1, 0.15) is 0 Å². The van der Waals surface area contributed by atoms with Crippen LogP contribution < -0.4 is 10.2 Å². The first-order chi connectivity index (χ1) is 10.4. The Hall–Kier alpha value is -1.84. The van der Waals surface area contributed by atoms with E-state index in [1.54, 1.807) is 11.8 Å². The average molecular weight is 304 g/mol. The third-order valence-corrected chi connectivity index (χ3v) is 3.60. The number of para-hydroxylation sites is 1. The standard InChI is InChI=1S/C18H28N2O2/c1-6-16-9-7-8-14(4)18(16)20(15(5)21)11-10-19-17(22)12-13(2)3/h7-9,13H,6,10-12H2,1-5H3,(H,19,22). The smallest absolute Gasteiger partial charge is 0.223 e. The number of nitrogens with one attached hydrogen (secondary N) is 1.